The number of carbonyl (C=O) groups excluding carboxylic acids is 1. The van der Waals surface area contributed by atoms with Crippen molar-refractivity contribution in [1.82, 2.24) is 5.32 Å². The number of ether oxygens (including phenoxy) is 1. The maximum Gasteiger partial charge on any atom is 0.231 e. The lowest BCUT2D eigenvalue weighted by Crippen LogP contribution is -2.20. The maximum absolute atomic E-state index is 11.8. The van der Waals surface area contributed by atoms with Gasteiger partial charge in [-0.25, -0.2) is 0 Å². The van der Waals surface area contributed by atoms with Gasteiger partial charge in [0, 0.05) is 12.7 Å². The highest BCUT2D eigenvalue weighted by molar-refractivity contribution is 7.10. The molecular weight excluding hydrogens is 284 g/mol. The molecule has 110 valence electrons. The zero-order valence-electron chi connectivity index (χ0n) is 12.3. The minimum absolute atomic E-state index is 0.0752. The highest BCUT2D eigenvalue weighted by Crippen LogP contribution is 2.37. The van der Waals surface area contributed by atoms with Crippen LogP contribution in [0.1, 0.15) is 22.0 Å². The second-order valence-electron chi connectivity index (χ2n) is 5.09. The zero-order chi connectivity index (χ0) is 15.0. The normalized spacial score (nSPS) is 15.2. The Labute approximate surface area is 128 Å². The fourth-order valence-corrected chi connectivity index (χ4v) is 3.80. The number of nitrogens with one attached hydrogen (secondary N) is 1. The highest BCUT2D eigenvalue weighted by atomic mass is 32.1. The molecule has 21 heavy (non-hydrogen) atoms. The summed E-state index contributed by atoms with van der Waals surface area (Å²) in [6, 6.07) is 8.28. The third kappa shape index (κ3) is 2.32. The standard InChI is InChI=1S/C16H18N2O2S/c1-17-15(16-13(20-3)6-7-21-16)10-4-5-12-11(8-10)9-14(19)18(12)2/h4-8,15,17H,9H2,1-3H3. The number of fused-ring (bicyclic) bond motifs is 1. The molecule has 0 radical (unpaired) electrons. The fraction of sp³-hybridized carbons (Fsp3) is 0.312. The number of rotatable bonds is 4. The number of hydrogen-bond donors (Lipinski definition) is 1. The number of benzene rings is 1. The minimum atomic E-state index is 0.0752. The van der Waals surface area contributed by atoms with E-state index in [0.717, 1.165) is 27.4 Å². The Morgan fingerprint density at radius 1 is 1.38 bits per heavy atom. The molecule has 1 aromatic carbocycles. The number of amides is 1. The Bertz CT molecular complexity index is 681. The molecule has 1 N–H and O–H groups in total. The molecule has 3 rings (SSSR count). The van der Waals surface area contributed by atoms with Crippen LogP contribution in [0.5, 0.6) is 5.75 Å². The number of hydrogen-bond acceptors (Lipinski definition) is 4. The number of methoxy groups -OCH3 is 1. The molecule has 1 aliphatic heterocycles. The van der Waals surface area contributed by atoms with Crippen LogP contribution >= 0.6 is 11.3 Å². The van der Waals surface area contributed by atoms with Crippen molar-refractivity contribution in [3.05, 3.63) is 45.6 Å². The van der Waals surface area contributed by atoms with Crippen LogP contribution in [0.3, 0.4) is 0 Å². The van der Waals surface area contributed by atoms with Crippen molar-refractivity contribution < 1.29 is 9.53 Å². The topological polar surface area (TPSA) is 41.6 Å². The molecule has 1 amide bonds. The van der Waals surface area contributed by atoms with E-state index >= 15 is 0 Å². The van der Waals surface area contributed by atoms with E-state index in [2.05, 4.69) is 17.4 Å². The van der Waals surface area contributed by atoms with Gasteiger partial charge in [0.05, 0.1) is 24.4 Å². The van der Waals surface area contributed by atoms with Crippen LogP contribution in [0, 0.1) is 0 Å². The summed E-state index contributed by atoms with van der Waals surface area (Å²) >= 11 is 1.67. The van der Waals surface area contributed by atoms with E-state index in [4.69, 9.17) is 4.74 Å². The molecule has 1 atom stereocenters. The summed E-state index contributed by atoms with van der Waals surface area (Å²) in [7, 11) is 5.45. The Morgan fingerprint density at radius 3 is 2.90 bits per heavy atom. The highest BCUT2D eigenvalue weighted by Gasteiger charge is 2.26. The molecule has 4 nitrogen and oxygen atoms in total. The van der Waals surface area contributed by atoms with Crippen molar-refractivity contribution in [2.24, 2.45) is 0 Å². The molecule has 1 aromatic heterocycles. The quantitative estimate of drug-likeness (QED) is 0.944. The van der Waals surface area contributed by atoms with E-state index in [9.17, 15) is 4.79 Å². The van der Waals surface area contributed by atoms with Crippen molar-refractivity contribution >= 4 is 22.9 Å². The molecule has 5 heteroatoms. The molecule has 0 spiro atoms. The van der Waals surface area contributed by atoms with Crippen LogP contribution in [0.25, 0.3) is 0 Å². The van der Waals surface area contributed by atoms with Crippen LogP contribution in [-0.2, 0) is 11.2 Å². The van der Waals surface area contributed by atoms with Gasteiger partial charge < -0.3 is 15.0 Å². The van der Waals surface area contributed by atoms with Crippen molar-refractivity contribution in [2.45, 2.75) is 12.5 Å². The number of likely N-dealkylation sites (N-methyl/N-ethyl adjacent to an activating group) is 1. The summed E-state index contributed by atoms with van der Waals surface area (Å²) in [6.07, 6.45) is 0.484. The second-order valence-corrected chi connectivity index (χ2v) is 6.04. The largest absolute Gasteiger partial charge is 0.496 e. The molecule has 0 aliphatic carbocycles. The van der Waals surface area contributed by atoms with Gasteiger partial charge in [-0.2, -0.15) is 0 Å². The molecule has 0 bridgehead atoms. The van der Waals surface area contributed by atoms with E-state index in [-0.39, 0.29) is 11.9 Å². The van der Waals surface area contributed by atoms with Crippen molar-refractivity contribution in [2.75, 3.05) is 26.1 Å². The Balaban J connectivity index is 2.00. The molecular formula is C16H18N2O2S. The van der Waals surface area contributed by atoms with Crippen LogP contribution in [-0.4, -0.2) is 27.1 Å². The third-order valence-electron chi connectivity index (χ3n) is 3.94. The van der Waals surface area contributed by atoms with Crippen LogP contribution in [0.2, 0.25) is 0 Å². The average Bonchev–Trinajstić information content (AvgIpc) is 3.06. The van der Waals surface area contributed by atoms with E-state index in [1.807, 2.05) is 31.6 Å². The molecule has 0 fully saturated rings. The minimum Gasteiger partial charge on any atom is -0.496 e. The Kier molecular flexibility index (Phi) is 3.69. The summed E-state index contributed by atoms with van der Waals surface area (Å²) in [5.74, 6) is 1.05. The van der Waals surface area contributed by atoms with Gasteiger partial charge in [0.2, 0.25) is 5.91 Å². The lowest BCUT2D eigenvalue weighted by Gasteiger charge is -2.18. The maximum atomic E-state index is 11.8. The Morgan fingerprint density at radius 2 is 2.19 bits per heavy atom. The van der Waals surface area contributed by atoms with Gasteiger partial charge in [-0.05, 0) is 35.7 Å². The van der Waals surface area contributed by atoms with Crippen LogP contribution in [0.4, 0.5) is 5.69 Å². The molecule has 0 saturated carbocycles. The predicted octanol–water partition coefficient (Wildman–Crippen LogP) is 2.58. The summed E-state index contributed by atoms with van der Waals surface area (Å²) in [4.78, 5) is 14.7. The zero-order valence-corrected chi connectivity index (χ0v) is 13.2. The van der Waals surface area contributed by atoms with Gasteiger partial charge in [0.25, 0.3) is 0 Å². The first-order valence-electron chi connectivity index (χ1n) is 6.83. The summed E-state index contributed by atoms with van der Waals surface area (Å²) in [6.45, 7) is 0. The number of carbonyl (C=O) groups is 1. The van der Waals surface area contributed by atoms with Crippen molar-refractivity contribution in [3.63, 3.8) is 0 Å². The summed E-state index contributed by atoms with van der Waals surface area (Å²) in [5, 5.41) is 5.37. The third-order valence-corrected chi connectivity index (χ3v) is 4.91. The smallest absolute Gasteiger partial charge is 0.231 e. The van der Waals surface area contributed by atoms with Gasteiger partial charge in [-0.1, -0.05) is 12.1 Å². The monoisotopic (exact) mass is 302 g/mol. The fourth-order valence-electron chi connectivity index (χ4n) is 2.81. The van der Waals surface area contributed by atoms with E-state index in [0.29, 0.717) is 6.42 Å². The van der Waals surface area contributed by atoms with Crippen molar-refractivity contribution in [3.8, 4) is 5.75 Å². The first-order valence-corrected chi connectivity index (χ1v) is 7.71. The Hall–Kier alpha value is -1.85. The van der Waals surface area contributed by atoms with Crippen LogP contribution in [0.15, 0.2) is 29.6 Å². The SMILES string of the molecule is CNC(c1ccc2c(c1)CC(=O)N2C)c1sccc1OC. The first-order chi connectivity index (χ1) is 10.2. The van der Waals surface area contributed by atoms with E-state index in [1.165, 1.54) is 0 Å². The lowest BCUT2D eigenvalue weighted by atomic mass is 10.0. The molecule has 2 heterocycles. The molecule has 0 saturated heterocycles. The lowest BCUT2D eigenvalue weighted by molar-refractivity contribution is -0.117. The molecule has 2 aromatic rings. The van der Waals surface area contributed by atoms with Gasteiger partial charge in [-0.15, -0.1) is 11.3 Å². The van der Waals surface area contributed by atoms with Gasteiger partial charge in [-0.3, -0.25) is 4.79 Å². The average molecular weight is 302 g/mol. The van der Waals surface area contributed by atoms with E-state index < -0.39 is 0 Å². The number of thiophene rings is 1. The van der Waals surface area contributed by atoms with Crippen molar-refractivity contribution in [1.29, 1.82) is 0 Å². The second kappa shape index (κ2) is 5.50. The molecule has 1 aliphatic rings. The summed E-state index contributed by atoms with van der Waals surface area (Å²) in [5.41, 5.74) is 3.26. The van der Waals surface area contributed by atoms with E-state index in [1.54, 1.807) is 23.3 Å². The number of nitrogens with zero attached hydrogens (tertiary/aromatic N) is 1. The first kappa shape index (κ1) is 14.1. The van der Waals surface area contributed by atoms with Gasteiger partial charge in [0.15, 0.2) is 0 Å². The number of anilines is 1. The van der Waals surface area contributed by atoms with Crippen LogP contribution < -0.4 is 15.0 Å². The van der Waals surface area contributed by atoms with Gasteiger partial charge in [0.1, 0.15) is 5.75 Å². The van der Waals surface area contributed by atoms with Gasteiger partial charge >= 0.3 is 0 Å². The molecule has 1 unspecified atom stereocenters. The summed E-state index contributed by atoms with van der Waals surface area (Å²) < 4.78 is 5.42. The predicted molar refractivity (Wildman–Crippen MR) is 85.3 cm³/mol.